The number of rotatable bonds is 8. The second-order valence-corrected chi connectivity index (χ2v) is 6.49. The third-order valence-corrected chi connectivity index (χ3v) is 4.67. The van der Waals surface area contributed by atoms with Gasteiger partial charge in [-0.25, -0.2) is 0 Å². The van der Waals surface area contributed by atoms with E-state index in [0.29, 0.717) is 0 Å². The molecule has 1 aromatic rings. The molecule has 2 nitrogen and oxygen atoms in total. The van der Waals surface area contributed by atoms with Crippen molar-refractivity contribution in [3.63, 3.8) is 0 Å². The van der Waals surface area contributed by atoms with E-state index in [1.54, 1.807) is 0 Å². The summed E-state index contributed by atoms with van der Waals surface area (Å²) in [4.78, 5) is 2.32. The summed E-state index contributed by atoms with van der Waals surface area (Å²) in [5.41, 5.74) is 3.86. The Morgan fingerprint density at radius 3 is 2.71 bits per heavy atom. The van der Waals surface area contributed by atoms with Crippen molar-refractivity contribution >= 4 is 5.69 Å². The minimum atomic E-state index is -0.284. The zero-order valence-corrected chi connectivity index (χ0v) is 13.8. The summed E-state index contributed by atoms with van der Waals surface area (Å²) in [7, 11) is 2.16. The zero-order valence-electron chi connectivity index (χ0n) is 13.8. The summed E-state index contributed by atoms with van der Waals surface area (Å²) in [5.74, 6) is 0. The maximum atomic E-state index is 10.4. The highest BCUT2D eigenvalue weighted by molar-refractivity contribution is 5.56. The van der Waals surface area contributed by atoms with Crippen LogP contribution in [0.5, 0.6) is 0 Å². The molecule has 0 aliphatic carbocycles. The van der Waals surface area contributed by atoms with E-state index in [-0.39, 0.29) is 6.10 Å². The summed E-state index contributed by atoms with van der Waals surface area (Å²) in [5, 5.41) is 10.4. The van der Waals surface area contributed by atoms with E-state index in [4.69, 9.17) is 0 Å². The third kappa shape index (κ3) is 4.74. The first-order valence-electron chi connectivity index (χ1n) is 8.74. The molecule has 1 unspecified atom stereocenters. The maximum Gasteiger partial charge on any atom is 0.0790 e. The predicted octanol–water partition coefficient (Wildman–Crippen LogP) is 4.85. The fourth-order valence-corrected chi connectivity index (χ4v) is 3.30. The van der Waals surface area contributed by atoms with Crippen LogP contribution in [0.1, 0.15) is 75.5 Å². The Balaban J connectivity index is 1.81. The van der Waals surface area contributed by atoms with Crippen molar-refractivity contribution < 1.29 is 5.11 Å². The van der Waals surface area contributed by atoms with E-state index in [9.17, 15) is 5.11 Å². The van der Waals surface area contributed by atoms with Gasteiger partial charge in [-0.15, -0.1) is 0 Å². The molecule has 0 saturated heterocycles. The van der Waals surface area contributed by atoms with E-state index in [0.717, 1.165) is 31.4 Å². The van der Waals surface area contributed by atoms with E-state index < -0.39 is 0 Å². The van der Waals surface area contributed by atoms with Crippen LogP contribution in [0.2, 0.25) is 0 Å². The van der Waals surface area contributed by atoms with E-state index in [2.05, 4.69) is 37.1 Å². The first-order valence-corrected chi connectivity index (χ1v) is 8.74. The smallest absolute Gasteiger partial charge is 0.0790 e. The fraction of sp³-hybridized carbons (Fsp3) is 0.684. The third-order valence-electron chi connectivity index (χ3n) is 4.67. The van der Waals surface area contributed by atoms with Crippen molar-refractivity contribution in [3.8, 4) is 0 Å². The molecule has 0 fully saturated rings. The normalized spacial score (nSPS) is 15.9. The van der Waals surface area contributed by atoms with Crippen LogP contribution in [0.25, 0.3) is 0 Å². The van der Waals surface area contributed by atoms with Crippen LogP contribution in [0.4, 0.5) is 5.69 Å². The van der Waals surface area contributed by atoms with Gasteiger partial charge in [0.25, 0.3) is 0 Å². The van der Waals surface area contributed by atoms with Gasteiger partial charge >= 0.3 is 0 Å². The number of hydrogen-bond acceptors (Lipinski definition) is 2. The van der Waals surface area contributed by atoms with Gasteiger partial charge < -0.3 is 10.0 Å². The first-order chi connectivity index (χ1) is 10.2. The van der Waals surface area contributed by atoms with Gasteiger partial charge in [0.15, 0.2) is 0 Å². The highest BCUT2D eigenvalue weighted by atomic mass is 16.3. The van der Waals surface area contributed by atoms with E-state index >= 15 is 0 Å². The van der Waals surface area contributed by atoms with Crippen LogP contribution in [-0.2, 0) is 6.42 Å². The van der Waals surface area contributed by atoms with Gasteiger partial charge in [-0.2, -0.15) is 0 Å². The Labute approximate surface area is 130 Å². The topological polar surface area (TPSA) is 23.5 Å². The summed E-state index contributed by atoms with van der Waals surface area (Å²) in [6.45, 7) is 3.39. The van der Waals surface area contributed by atoms with Crippen molar-refractivity contribution in [1.29, 1.82) is 0 Å². The van der Waals surface area contributed by atoms with Crippen LogP contribution in [0.3, 0.4) is 0 Å². The van der Waals surface area contributed by atoms with Crippen molar-refractivity contribution in [2.24, 2.45) is 0 Å². The number of aliphatic hydroxyl groups excluding tert-OH is 1. The van der Waals surface area contributed by atoms with Gasteiger partial charge in [0.05, 0.1) is 6.10 Å². The average molecular weight is 289 g/mol. The zero-order chi connectivity index (χ0) is 15.1. The molecule has 1 N–H and O–H groups in total. The molecule has 2 rings (SSSR count). The van der Waals surface area contributed by atoms with Gasteiger partial charge in [-0.05, 0) is 36.5 Å². The van der Waals surface area contributed by atoms with Crippen molar-refractivity contribution in [2.75, 3.05) is 18.5 Å². The molecule has 0 radical (unpaired) electrons. The lowest BCUT2D eigenvalue weighted by Crippen LogP contribution is -2.24. The molecule has 1 aliphatic rings. The summed E-state index contributed by atoms with van der Waals surface area (Å²) < 4.78 is 0. The van der Waals surface area contributed by atoms with Crippen LogP contribution < -0.4 is 4.90 Å². The molecule has 2 heteroatoms. The molecule has 1 heterocycles. The Kier molecular flexibility index (Phi) is 6.56. The minimum absolute atomic E-state index is 0.284. The number of hydrogen-bond donors (Lipinski definition) is 1. The molecule has 0 saturated carbocycles. The average Bonchev–Trinajstić information content (AvgIpc) is 2.50. The monoisotopic (exact) mass is 289 g/mol. The fourth-order valence-electron chi connectivity index (χ4n) is 3.30. The van der Waals surface area contributed by atoms with Gasteiger partial charge in [0.1, 0.15) is 0 Å². The van der Waals surface area contributed by atoms with E-state index in [1.807, 2.05) is 0 Å². The second-order valence-electron chi connectivity index (χ2n) is 6.49. The number of anilines is 1. The Morgan fingerprint density at radius 2 is 1.90 bits per heavy atom. The van der Waals surface area contributed by atoms with Crippen LogP contribution in [0.15, 0.2) is 18.2 Å². The Morgan fingerprint density at radius 1 is 1.14 bits per heavy atom. The maximum absolute atomic E-state index is 10.4. The Hall–Kier alpha value is -1.02. The highest BCUT2D eigenvalue weighted by Gasteiger charge is 2.16. The lowest BCUT2D eigenvalue weighted by molar-refractivity contribution is 0.163. The molecule has 0 amide bonds. The van der Waals surface area contributed by atoms with Crippen molar-refractivity contribution in [1.82, 2.24) is 0 Å². The standard InChI is InChI=1S/C19H31NO/c1-3-4-5-6-7-8-11-19(21)17-12-13-18-16(15-17)10-9-14-20(18)2/h12-13,15,19,21H,3-11,14H2,1-2H3. The largest absolute Gasteiger partial charge is 0.388 e. The SMILES string of the molecule is CCCCCCCCC(O)c1ccc2c(c1)CCCN2C. The molecular formula is C19H31NO. The minimum Gasteiger partial charge on any atom is -0.388 e. The van der Waals surface area contributed by atoms with Crippen molar-refractivity contribution in [3.05, 3.63) is 29.3 Å². The first kappa shape index (κ1) is 16.4. The summed E-state index contributed by atoms with van der Waals surface area (Å²) in [6.07, 6.45) is 10.7. The van der Waals surface area contributed by atoms with Gasteiger partial charge in [0, 0.05) is 19.3 Å². The molecule has 0 bridgehead atoms. The van der Waals surface area contributed by atoms with Gasteiger partial charge in [-0.3, -0.25) is 0 Å². The van der Waals surface area contributed by atoms with Gasteiger partial charge in [0.2, 0.25) is 0 Å². The molecule has 1 aromatic carbocycles. The number of aryl methyl sites for hydroxylation is 1. The van der Waals surface area contributed by atoms with Crippen LogP contribution >= 0.6 is 0 Å². The molecule has 21 heavy (non-hydrogen) atoms. The highest BCUT2D eigenvalue weighted by Crippen LogP contribution is 2.30. The lowest BCUT2D eigenvalue weighted by Gasteiger charge is -2.28. The summed E-state index contributed by atoms with van der Waals surface area (Å²) >= 11 is 0. The quantitative estimate of drug-likeness (QED) is 0.691. The number of aliphatic hydroxyl groups is 1. The molecule has 0 spiro atoms. The van der Waals surface area contributed by atoms with Crippen LogP contribution in [-0.4, -0.2) is 18.7 Å². The molecule has 0 aromatic heterocycles. The summed E-state index contributed by atoms with van der Waals surface area (Å²) in [6, 6.07) is 6.53. The molecule has 118 valence electrons. The second kappa shape index (κ2) is 8.43. The molecule has 1 atom stereocenters. The van der Waals surface area contributed by atoms with Crippen LogP contribution in [0, 0.1) is 0 Å². The molecule has 1 aliphatic heterocycles. The van der Waals surface area contributed by atoms with E-state index in [1.165, 1.54) is 49.8 Å². The van der Waals surface area contributed by atoms with Crippen molar-refractivity contribution in [2.45, 2.75) is 70.8 Å². The number of benzene rings is 1. The number of fused-ring (bicyclic) bond motifs is 1. The Bertz CT molecular complexity index is 430. The lowest BCUT2D eigenvalue weighted by atomic mass is 9.95. The molecular weight excluding hydrogens is 258 g/mol. The predicted molar refractivity (Wildman–Crippen MR) is 91.0 cm³/mol. The number of unbranched alkanes of at least 4 members (excludes halogenated alkanes) is 5. The number of nitrogens with zero attached hydrogens (tertiary/aromatic N) is 1. The van der Waals surface area contributed by atoms with Gasteiger partial charge in [-0.1, -0.05) is 57.6 Å².